The average Bonchev–Trinajstić information content (AvgIpc) is 3.18. The summed E-state index contributed by atoms with van der Waals surface area (Å²) in [6.07, 6.45) is 1.73. The van der Waals surface area contributed by atoms with E-state index in [2.05, 4.69) is 58.2 Å². The molecule has 2 saturated heterocycles. The first kappa shape index (κ1) is 19.9. The summed E-state index contributed by atoms with van der Waals surface area (Å²) in [5.74, 6) is 1.21. The Balaban J connectivity index is 1.45. The molecule has 0 bridgehead atoms. The monoisotopic (exact) mass is 397 g/mol. The third-order valence-electron chi connectivity index (χ3n) is 5.76. The highest BCUT2D eigenvalue weighted by atomic mass is 16.7. The quantitative estimate of drug-likeness (QED) is 0.797. The number of hydrogen-bond donors (Lipinski definition) is 1. The molecule has 0 saturated carbocycles. The normalized spacial score (nSPS) is 18.2. The van der Waals surface area contributed by atoms with Gasteiger partial charge in [-0.05, 0) is 45.0 Å². The highest BCUT2D eigenvalue weighted by Crippen LogP contribution is 2.33. The van der Waals surface area contributed by atoms with E-state index in [0.29, 0.717) is 19.2 Å². The van der Waals surface area contributed by atoms with E-state index < -0.39 is 0 Å². The van der Waals surface area contributed by atoms with Crippen LogP contribution in [0.1, 0.15) is 32.4 Å². The van der Waals surface area contributed by atoms with Crippen molar-refractivity contribution in [3.8, 4) is 0 Å². The molecule has 1 N–H and O–H groups in total. The molecule has 7 nitrogen and oxygen atoms in total. The van der Waals surface area contributed by atoms with Gasteiger partial charge in [-0.1, -0.05) is 0 Å². The predicted octanol–water partition coefficient (Wildman–Crippen LogP) is 3.72. The van der Waals surface area contributed by atoms with Crippen LogP contribution in [0.15, 0.2) is 30.3 Å². The van der Waals surface area contributed by atoms with Gasteiger partial charge in [0.2, 0.25) is 5.95 Å². The number of hydrogen-bond acceptors (Lipinski definition) is 7. The lowest BCUT2D eigenvalue weighted by Gasteiger charge is -2.38. The minimum absolute atomic E-state index is 0.369. The van der Waals surface area contributed by atoms with E-state index in [1.54, 1.807) is 0 Å². The molecule has 0 aliphatic carbocycles. The summed E-state index contributed by atoms with van der Waals surface area (Å²) in [7, 11) is 0. The van der Waals surface area contributed by atoms with Gasteiger partial charge in [0.15, 0.2) is 5.79 Å². The van der Waals surface area contributed by atoms with Crippen molar-refractivity contribution in [2.45, 2.75) is 39.4 Å². The first-order valence-electron chi connectivity index (χ1n) is 10.6. The minimum Gasteiger partial charge on any atom is -0.372 e. The second-order valence-electron chi connectivity index (χ2n) is 7.63. The summed E-state index contributed by atoms with van der Waals surface area (Å²) in [5, 5.41) is 3.36. The maximum atomic E-state index is 5.84. The molecule has 1 aromatic carbocycles. The largest absolute Gasteiger partial charge is 0.372 e. The molecule has 156 valence electrons. The van der Waals surface area contributed by atoms with Crippen LogP contribution in [0.3, 0.4) is 0 Å². The molecule has 1 spiro atoms. The second kappa shape index (κ2) is 8.55. The topological polar surface area (TPSA) is 62.8 Å². The van der Waals surface area contributed by atoms with Crippen LogP contribution < -0.4 is 15.1 Å². The van der Waals surface area contributed by atoms with Gasteiger partial charge in [-0.15, -0.1) is 0 Å². The number of ether oxygens (including phenoxy) is 2. The summed E-state index contributed by atoms with van der Waals surface area (Å²) in [6, 6.07) is 10.5. The van der Waals surface area contributed by atoms with Crippen molar-refractivity contribution in [1.29, 1.82) is 0 Å². The van der Waals surface area contributed by atoms with Crippen LogP contribution in [-0.2, 0) is 9.47 Å². The van der Waals surface area contributed by atoms with Crippen molar-refractivity contribution in [1.82, 2.24) is 9.97 Å². The number of rotatable bonds is 6. The Hall–Kier alpha value is -2.38. The summed E-state index contributed by atoms with van der Waals surface area (Å²) in [4.78, 5) is 14.0. The molecule has 1 aromatic heterocycles. The van der Waals surface area contributed by atoms with Crippen LogP contribution in [-0.4, -0.2) is 55.1 Å². The number of piperidine rings is 1. The SMILES string of the molecule is CCN(CC)c1ccc(Nc2nc(C)cc(N3CCC4(CC3)OCCO4)n2)cc1. The summed E-state index contributed by atoms with van der Waals surface area (Å²) in [6.45, 7) is 11.5. The van der Waals surface area contributed by atoms with Crippen molar-refractivity contribution in [3.63, 3.8) is 0 Å². The average molecular weight is 398 g/mol. The fraction of sp³-hybridized carbons (Fsp3) is 0.545. The molecule has 0 atom stereocenters. The first-order valence-corrected chi connectivity index (χ1v) is 10.6. The highest BCUT2D eigenvalue weighted by molar-refractivity contribution is 5.60. The molecule has 3 heterocycles. The van der Waals surface area contributed by atoms with Crippen LogP contribution in [0.4, 0.5) is 23.1 Å². The smallest absolute Gasteiger partial charge is 0.229 e. The number of anilines is 4. The number of nitrogens with zero attached hydrogens (tertiary/aromatic N) is 4. The van der Waals surface area contributed by atoms with Gasteiger partial charge in [0.25, 0.3) is 0 Å². The molecule has 2 aromatic rings. The number of nitrogens with one attached hydrogen (secondary N) is 1. The molecule has 2 aliphatic rings. The summed E-state index contributed by atoms with van der Waals surface area (Å²) in [5.41, 5.74) is 3.17. The van der Waals surface area contributed by atoms with Crippen LogP contribution in [0.5, 0.6) is 0 Å². The van der Waals surface area contributed by atoms with E-state index in [1.807, 2.05) is 13.0 Å². The van der Waals surface area contributed by atoms with Crippen LogP contribution in [0.25, 0.3) is 0 Å². The fourth-order valence-electron chi connectivity index (χ4n) is 4.11. The lowest BCUT2D eigenvalue weighted by Crippen LogP contribution is -2.45. The lowest BCUT2D eigenvalue weighted by atomic mass is 10.0. The van der Waals surface area contributed by atoms with Crippen LogP contribution in [0, 0.1) is 6.92 Å². The van der Waals surface area contributed by atoms with Gasteiger partial charge in [0, 0.05) is 62.2 Å². The van der Waals surface area contributed by atoms with E-state index in [0.717, 1.165) is 56.2 Å². The molecule has 4 rings (SSSR count). The third-order valence-corrected chi connectivity index (χ3v) is 5.76. The van der Waals surface area contributed by atoms with Gasteiger partial charge in [-0.25, -0.2) is 4.98 Å². The molecule has 29 heavy (non-hydrogen) atoms. The number of benzene rings is 1. The maximum Gasteiger partial charge on any atom is 0.229 e. The van der Waals surface area contributed by atoms with Crippen LogP contribution >= 0.6 is 0 Å². The van der Waals surface area contributed by atoms with E-state index in [-0.39, 0.29) is 5.79 Å². The Labute approximate surface area is 173 Å². The molecule has 0 radical (unpaired) electrons. The zero-order valence-corrected chi connectivity index (χ0v) is 17.6. The molecule has 2 aliphatic heterocycles. The van der Waals surface area contributed by atoms with Crippen molar-refractivity contribution in [2.24, 2.45) is 0 Å². The molecule has 2 fully saturated rings. The number of aryl methyl sites for hydroxylation is 1. The van der Waals surface area contributed by atoms with Gasteiger partial charge < -0.3 is 24.6 Å². The Kier molecular flexibility index (Phi) is 5.87. The third kappa shape index (κ3) is 4.46. The van der Waals surface area contributed by atoms with Crippen molar-refractivity contribution in [3.05, 3.63) is 36.0 Å². The standard InChI is InChI=1S/C22H31N5O2/c1-4-26(5-2)19-8-6-18(7-9-19)24-21-23-17(3)16-20(25-21)27-12-10-22(11-13-27)28-14-15-29-22/h6-9,16H,4-5,10-15H2,1-3H3,(H,23,24,25). The second-order valence-corrected chi connectivity index (χ2v) is 7.63. The van der Waals surface area contributed by atoms with Crippen molar-refractivity contribution >= 4 is 23.1 Å². The maximum absolute atomic E-state index is 5.84. The van der Waals surface area contributed by atoms with Crippen LogP contribution in [0.2, 0.25) is 0 Å². The predicted molar refractivity (Wildman–Crippen MR) is 116 cm³/mol. The fourth-order valence-corrected chi connectivity index (χ4v) is 4.11. The minimum atomic E-state index is -0.369. The number of aromatic nitrogens is 2. The molecular weight excluding hydrogens is 366 g/mol. The van der Waals surface area contributed by atoms with Crippen molar-refractivity contribution < 1.29 is 9.47 Å². The Morgan fingerprint density at radius 3 is 2.31 bits per heavy atom. The lowest BCUT2D eigenvalue weighted by molar-refractivity contribution is -0.169. The zero-order chi connectivity index (χ0) is 20.3. The Morgan fingerprint density at radius 2 is 1.69 bits per heavy atom. The van der Waals surface area contributed by atoms with E-state index >= 15 is 0 Å². The van der Waals surface area contributed by atoms with Gasteiger partial charge in [0.1, 0.15) is 5.82 Å². The summed E-state index contributed by atoms with van der Waals surface area (Å²) < 4.78 is 11.7. The van der Waals surface area contributed by atoms with E-state index in [1.165, 1.54) is 5.69 Å². The summed E-state index contributed by atoms with van der Waals surface area (Å²) >= 11 is 0. The first-order chi connectivity index (χ1) is 14.1. The zero-order valence-electron chi connectivity index (χ0n) is 17.6. The molecule has 0 unspecified atom stereocenters. The van der Waals surface area contributed by atoms with E-state index in [9.17, 15) is 0 Å². The Morgan fingerprint density at radius 1 is 1.03 bits per heavy atom. The highest BCUT2D eigenvalue weighted by Gasteiger charge is 2.40. The molecular formula is C22H31N5O2. The van der Waals surface area contributed by atoms with Gasteiger partial charge in [-0.3, -0.25) is 0 Å². The van der Waals surface area contributed by atoms with Crippen molar-refractivity contribution in [2.75, 3.05) is 54.5 Å². The Bertz CT molecular complexity index is 806. The molecule has 0 amide bonds. The van der Waals surface area contributed by atoms with Gasteiger partial charge in [0.05, 0.1) is 13.2 Å². The van der Waals surface area contributed by atoms with Gasteiger partial charge >= 0.3 is 0 Å². The van der Waals surface area contributed by atoms with E-state index in [4.69, 9.17) is 14.5 Å². The molecule has 7 heteroatoms. The van der Waals surface area contributed by atoms with Gasteiger partial charge in [-0.2, -0.15) is 4.98 Å².